The zero-order valence-corrected chi connectivity index (χ0v) is 8.59. The van der Waals surface area contributed by atoms with E-state index < -0.39 is 0 Å². The number of benzene rings is 1. The van der Waals surface area contributed by atoms with Crippen LogP contribution in [0.3, 0.4) is 0 Å². The maximum absolute atomic E-state index is 10.9. The SMILES string of the molecule is O=C(CCCc1ccccc1)N=C=S. The van der Waals surface area contributed by atoms with Gasteiger partial charge in [0.15, 0.2) is 0 Å². The summed E-state index contributed by atoms with van der Waals surface area (Å²) in [5.74, 6) is -0.184. The summed E-state index contributed by atoms with van der Waals surface area (Å²) in [5, 5.41) is 2.07. The van der Waals surface area contributed by atoms with Crippen molar-refractivity contribution in [2.45, 2.75) is 19.3 Å². The quantitative estimate of drug-likeness (QED) is 0.558. The van der Waals surface area contributed by atoms with Gasteiger partial charge in [-0.25, -0.2) is 0 Å². The molecule has 1 aromatic carbocycles. The van der Waals surface area contributed by atoms with Crippen LogP contribution in [0.25, 0.3) is 0 Å². The van der Waals surface area contributed by atoms with Crippen molar-refractivity contribution in [1.82, 2.24) is 0 Å². The number of isothiocyanates is 1. The minimum absolute atomic E-state index is 0.184. The van der Waals surface area contributed by atoms with Crippen LogP contribution in [0.15, 0.2) is 35.3 Å². The molecule has 0 fully saturated rings. The lowest BCUT2D eigenvalue weighted by Gasteiger charge is -1.97. The number of hydrogen-bond acceptors (Lipinski definition) is 2. The fourth-order valence-corrected chi connectivity index (χ4v) is 1.30. The molecule has 0 aromatic heterocycles. The van der Waals surface area contributed by atoms with Gasteiger partial charge in [0.2, 0.25) is 0 Å². The molecule has 14 heavy (non-hydrogen) atoms. The maximum atomic E-state index is 10.9. The van der Waals surface area contributed by atoms with E-state index in [1.165, 1.54) is 5.56 Å². The molecule has 2 nitrogen and oxygen atoms in total. The van der Waals surface area contributed by atoms with Gasteiger partial charge < -0.3 is 0 Å². The van der Waals surface area contributed by atoms with Crippen LogP contribution in [0, 0.1) is 0 Å². The minimum Gasteiger partial charge on any atom is -0.272 e. The first kappa shape index (κ1) is 10.8. The monoisotopic (exact) mass is 205 g/mol. The van der Waals surface area contributed by atoms with Crippen LogP contribution in [0.1, 0.15) is 18.4 Å². The van der Waals surface area contributed by atoms with E-state index in [0.717, 1.165) is 12.8 Å². The lowest BCUT2D eigenvalue weighted by molar-refractivity contribution is -0.117. The Balaban J connectivity index is 2.29. The largest absolute Gasteiger partial charge is 0.272 e. The van der Waals surface area contributed by atoms with Crippen LogP contribution in [0.5, 0.6) is 0 Å². The third kappa shape index (κ3) is 4.08. The number of carbonyl (C=O) groups is 1. The zero-order valence-electron chi connectivity index (χ0n) is 7.77. The third-order valence-electron chi connectivity index (χ3n) is 1.87. The van der Waals surface area contributed by atoms with Crippen molar-refractivity contribution in [1.29, 1.82) is 0 Å². The second-order valence-electron chi connectivity index (χ2n) is 2.94. The van der Waals surface area contributed by atoms with Crippen molar-refractivity contribution in [3.63, 3.8) is 0 Å². The molecule has 1 amide bonds. The molecule has 0 bridgehead atoms. The summed E-state index contributed by atoms with van der Waals surface area (Å²) < 4.78 is 0. The van der Waals surface area contributed by atoms with E-state index in [0.29, 0.717) is 6.42 Å². The van der Waals surface area contributed by atoms with Gasteiger partial charge in [-0.15, -0.1) is 0 Å². The molecule has 0 aliphatic carbocycles. The van der Waals surface area contributed by atoms with Gasteiger partial charge in [0.25, 0.3) is 5.91 Å². The number of carbonyl (C=O) groups excluding carboxylic acids is 1. The van der Waals surface area contributed by atoms with Crippen molar-refractivity contribution >= 4 is 23.3 Å². The second-order valence-corrected chi connectivity index (χ2v) is 3.12. The summed E-state index contributed by atoms with van der Waals surface area (Å²) in [6.45, 7) is 0. The van der Waals surface area contributed by atoms with Gasteiger partial charge in [-0.05, 0) is 30.6 Å². The van der Waals surface area contributed by atoms with Crippen molar-refractivity contribution in [2.75, 3.05) is 0 Å². The molecule has 0 N–H and O–H groups in total. The van der Waals surface area contributed by atoms with Crippen LogP contribution in [-0.2, 0) is 11.2 Å². The first-order valence-corrected chi connectivity index (χ1v) is 4.88. The molecule has 72 valence electrons. The van der Waals surface area contributed by atoms with Gasteiger partial charge in [0.1, 0.15) is 0 Å². The van der Waals surface area contributed by atoms with E-state index in [1.807, 2.05) is 30.3 Å². The molecule has 3 heteroatoms. The van der Waals surface area contributed by atoms with Gasteiger partial charge >= 0.3 is 0 Å². The number of thiocarbonyl (C=S) groups is 1. The number of rotatable bonds is 4. The molecule has 0 saturated heterocycles. The Morgan fingerprint density at radius 1 is 1.36 bits per heavy atom. The first-order chi connectivity index (χ1) is 6.83. The normalized spacial score (nSPS) is 9.14. The average Bonchev–Trinajstić information content (AvgIpc) is 2.20. The molecule has 0 aliphatic heterocycles. The number of amides is 1. The summed E-state index contributed by atoms with van der Waals surface area (Å²) in [7, 11) is 0. The van der Waals surface area contributed by atoms with Crippen LogP contribution in [0.4, 0.5) is 0 Å². The Kier molecular flexibility index (Phi) is 4.76. The Labute approximate surface area is 88.7 Å². The van der Waals surface area contributed by atoms with Gasteiger partial charge in [0.05, 0.1) is 5.16 Å². The summed E-state index contributed by atoms with van der Waals surface area (Å²) in [4.78, 5) is 14.3. The Morgan fingerprint density at radius 2 is 2.07 bits per heavy atom. The Bertz CT molecular complexity index is 342. The first-order valence-electron chi connectivity index (χ1n) is 4.47. The summed E-state index contributed by atoms with van der Waals surface area (Å²) >= 11 is 4.33. The highest BCUT2D eigenvalue weighted by Crippen LogP contribution is 2.04. The Hall–Kier alpha value is -1.31. The summed E-state index contributed by atoms with van der Waals surface area (Å²) in [6.07, 6.45) is 2.15. The predicted octanol–water partition coefficient (Wildman–Crippen LogP) is 2.64. The highest BCUT2D eigenvalue weighted by atomic mass is 32.1. The lowest BCUT2D eigenvalue weighted by Crippen LogP contribution is -1.94. The van der Waals surface area contributed by atoms with E-state index in [1.54, 1.807) is 0 Å². The van der Waals surface area contributed by atoms with Crippen LogP contribution in [-0.4, -0.2) is 11.1 Å². The third-order valence-corrected chi connectivity index (χ3v) is 1.96. The standard InChI is InChI=1S/C11H11NOS/c13-11(12-9-14)8-4-7-10-5-2-1-3-6-10/h1-3,5-6H,4,7-8H2. The number of nitrogens with zero attached hydrogens (tertiary/aromatic N) is 1. The maximum Gasteiger partial charge on any atom is 0.254 e. The number of aliphatic imine (C=N–C) groups is 1. The highest BCUT2D eigenvalue weighted by Gasteiger charge is 1.98. The molecule has 0 radical (unpaired) electrons. The smallest absolute Gasteiger partial charge is 0.254 e. The van der Waals surface area contributed by atoms with Gasteiger partial charge in [-0.1, -0.05) is 30.3 Å². The average molecular weight is 205 g/mol. The second kappa shape index (κ2) is 6.19. The molecule has 0 saturated carbocycles. The van der Waals surface area contributed by atoms with Crippen molar-refractivity contribution in [3.05, 3.63) is 35.9 Å². The summed E-state index contributed by atoms with van der Waals surface area (Å²) in [5.41, 5.74) is 1.24. The highest BCUT2D eigenvalue weighted by molar-refractivity contribution is 7.78. The van der Waals surface area contributed by atoms with E-state index >= 15 is 0 Å². The molecule has 0 heterocycles. The molecule has 0 unspecified atom stereocenters. The van der Waals surface area contributed by atoms with Gasteiger partial charge in [0, 0.05) is 6.42 Å². The minimum atomic E-state index is -0.184. The molecule has 1 rings (SSSR count). The fraction of sp³-hybridized carbons (Fsp3) is 0.273. The predicted molar refractivity (Wildman–Crippen MR) is 59.4 cm³/mol. The molecule has 0 atom stereocenters. The molecular formula is C11H11NOS. The molecule has 1 aromatic rings. The van der Waals surface area contributed by atoms with Crippen LogP contribution < -0.4 is 0 Å². The van der Waals surface area contributed by atoms with E-state index in [2.05, 4.69) is 22.4 Å². The van der Waals surface area contributed by atoms with E-state index in [-0.39, 0.29) is 5.91 Å². The topological polar surface area (TPSA) is 29.4 Å². The molecule has 0 spiro atoms. The van der Waals surface area contributed by atoms with E-state index in [4.69, 9.17) is 0 Å². The van der Waals surface area contributed by atoms with Crippen LogP contribution >= 0.6 is 12.2 Å². The number of aryl methyl sites for hydroxylation is 1. The van der Waals surface area contributed by atoms with Crippen molar-refractivity contribution in [3.8, 4) is 0 Å². The molecule has 0 aliphatic rings. The van der Waals surface area contributed by atoms with Gasteiger partial charge in [-0.2, -0.15) is 4.99 Å². The fourth-order valence-electron chi connectivity index (χ4n) is 1.20. The van der Waals surface area contributed by atoms with Crippen molar-refractivity contribution < 1.29 is 4.79 Å². The lowest BCUT2D eigenvalue weighted by atomic mass is 10.1. The molecular weight excluding hydrogens is 194 g/mol. The van der Waals surface area contributed by atoms with Crippen molar-refractivity contribution in [2.24, 2.45) is 4.99 Å². The summed E-state index contributed by atoms with van der Waals surface area (Å²) in [6, 6.07) is 10.1. The number of hydrogen-bond donors (Lipinski definition) is 0. The van der Waals surface area contributed by atoms with Crippen LogP contribution in [0.2, 0.25) is 0 Å². The Morgan fingerprint density at radius 3 is 2.71 bits per heavy atom. The van der Waals surface area contributed by atoms with Gasteiger partial charge in [-0.3, -0.25) is 4.79 Å². The van der Waals surface area contributed by atoms with E-state index in [9.17, 15) is 4.79 Å². The zero-order chi connectivity index (χ0) is 10.2.